The van der Waals surface area contributed by atoms with Crippen molar-refractivity contribution < 1.29 is 9.26 Å². The zero-order valence-electron chi connectivity index (χ0n) is 12.4. The van der Waals surface area contributed by atoms with Gasteiger partial charge in [0.1, 0.15) is 6.61 Å². The molecule has 2 fully saturated rings. The Morgan fingerprint density at radius 3 is 2.90 bits per heavy atom. The third-order valence-corrected chi connectivity index (χ3v) is 4.17. The van der Waals surface area contributed by atoms with Gasteiger partial charge in [0.15, 0.2) is 5.82 Å². The van der Waals surface area contributed by atoms with Crippen LogP contribution >= 0.6 is 0 Å². The summed E-state index contributed by atoms with van der Waals surface area (Å²) >= 11 is 0. The second kappa shape index (κ2) is 5.40. The van der Waals surface area contributed by atoms with Gasteiger partial charge < -0.3 is 19.5 Å². The molecule has 0 bridgehead atoms. The Morgan fingerprint density at radius 2 is 2.20 bits per heavy atom. The van der Waals surface area contributed by atoms with Crippen molar-refractivity contribution in [2.45, 2.75) is 25.2 Å². The summed E-state index contributed by atoms with van der Waals surface area (Å²) in [5, 5.41) is 7.32. The Bertz CT molecular complexity index is 459. The van der Waals surface area contributed by atoms with E-state index in [9.17, 15) is 0 Å². The minimum atomic E-state index is -0.0868. The normalized spacial score (nSPS) is 27.4. The topological polar surface area (TPSA) is 66.7 Å². The minimum absolute atomic E-state index is 0.0868. The fourth-order valence-corrected chi connectivity index (χ4v) is 2.57. The minimum Gasteiger partial charge on any atom is -0.363 e. The number of hydrogen-bond donors (Lipinski definition) is 1. The smallest absolute Gasteiger partial charge is 0.252 e. The van der Waals surface area contributed by atoms with Crippen molar-refractivity contribution in [1.29, 1.82) is 0 Å². The van der Waals surface area contributed by atoms with E-state index in [-0.39, 0.29) is 11.6 Å². The Labute approximate surface area is 119 Å². The van der Waals surface area contributed by atoms with Crippen molar-refractivity contribution in [2.24, 2.45) is 0 Å². The van der Waals surface area contributed by atoms with Gasteiger partial charge in [-0.25, -0.2) is 0 Å². The van der Waals surface area contributed by atoms with E-state index in [0.717, 1.165) is 38.5 Å². The van der Waals surface area contributed by atoms with Crippen molar-refractivity contribution in [3.05, 3.63) is 11.7 Å². The molecule has 7 nitrogen and oxygen atoms in total. The summed E-state index contributed by atoms with van der Waals surface area (Å²) in [7, 11) is 4.22. The van der Waals surface area contributed by atoms with E-state index in [1.807, 2.05) is 0 Å². The molecule has 0 amide bonds. The highest BCUT2D eigenvalue weighted by Crippen LogP contribution is 2.22. The number of rotatable bonds is 4. The first-order valence-corrected chi connectivity index (χ1v) is 7.12. The van der Waals surface area contributed by atoms with Gasteiger partial charge in [-0.05, 0) is 21.0 Å². The van der Waals surface area contributed by atoms with Crippen LogP contribution in [0.5, 0.6) is 0 Å². The predicted octanol–water partition coefficient (Wildman–Crippen LogP) is -0.134. The van der Waals surface area contributed by atoms with Crippen LogP contribution in [-0.2, 0) is 11.3 Å². The van der Waals surface area contributed by atoms with Crippen LogP contribution in [0.2, 0.25) is 0 Å². The van der Waals surface area contributed by atoms with Gasteiger partial charge in [-0.2, -0.15) is 4.98 Å². The molecule has 3 heterocycles. The summed E-state index contributed by atoms with van der Waals surface area (Å²) in [6.45, 7) is 7.26. The van der Waals surface area contributed by atoms with Gasteiger partial charge in [-0.3, -0.25) is 4.90 Å². The molecule has 0 spiro atoms. The van der Waals surface area contributed by atoms with Crippen molar-refractivity contribution in [1.82, 2.24) is 25.3 Å². The number of nitrogens with one attached hydrogen (secondary N) is 1. The van der Waals surface area contributed by atoms with E-state index < -0.39 is 0 Å². The Morgan fingerprint density at radius 1 is 1.40 bits per heavy atom. The Balaban J connectivity index is 1.60. The lowest BCUT2D eigenvalue weighted by Crippen LogP contribution is -2.58. The maximum Gasteiger partial charge on any atom is 0.252 e. The first-order chi connectivity index (χ1) is 9.56. The van der Waals surface area contributed by atoms with Gasteiger partial charge in [0, 0.05) is 32.7 Å². The molecule has 2 aliphatic rings. The van der Waals surface area contributed by atoms with Crippen molar-refractivity contribution in [2.75, 3.05) is 46.8 Å². The molecule has 0 aromatic carbocycles. The van der Waals surface area contributed by atoms with Crippen LogP contribution in [0, 0.1) is 0 Å². The third-order valence-electron chi connectivity index (χ3n) is 4.17. The summed E-state index contributed by atoms with van der Waals surface area (Å²) in [5.74, 6) is 1.32. The number of likely N-dealkylation sites (N-methyl/N-ethyl adjacent to an activating group) is 2. The van der Waals surface area contributed by atoms with Gasteiger partial charge in [-0.15, -0.1) is 0 Å². The highest BCUT2D eigenvalue weighted by atomic mass is 16.5. The lowest BCUT2D eigenvalue weighted by molar-refractivity contribution is -0.0841. The average Bonchev–Trinajstić information content (AvgIpc) is 2.86. The first-order valence-electron chi connectivity index (χ1n) is 7.12. The standard InChI is InChI=1S/C13H23N5O2/c1-13(8-14-9-13)19-7-11-15-12(16-20-11)10-6-17(2)4-5-18(10)3/h10,14H,4-9H2,1-3H3. The van der Waals surface area contributed by atoms with Crippen LogP contribution in [0.3, 0.4) is 0 Å². The highest BCUT2D eigenvalue weighted by molar-refractivity contribution is 4.98. The van der Waals surface area contributed by atoms with Crippen LogP contribution in [0.4, 0.5) is 0 Å². The zero-order chi connectivity index (χ0) is 14.2. The molecule has 1 unspecified atom stereocenters. The number of ether oxygens (including phenoxy) is 1. The number of piperazine rings is 1. The molecule has 3 rings (SSSR count). The van der Waals surface area contributed by atoms with Gasteiger partial charge in [0.25, 0.3) is 5.89 Å². The van der Waals surface area contributed by atoms with E-state index in [0.29, 0.717) is 12.5 Å². The molecule has 1 aromatic heterocycles. The zero-order valence-corrected chi connectivity index (χ0v) is 12.4. The molecule has 2 saturated heterocycles. The second-order valence-electron chi connectivity index (χ2n) is 6.15. The molecule has 1 aromatic rings. The monoisotopic (exact) mass is 281 g/mol. The van der Waals surface area contributed by atoms with Gasteiger partial charge >= 0.3 is 0 Å². The number of nitrogens with zero attached hydrogens (tertiary/aromatic N) is 4. The van der Waals surface area contributed by atoms with Crippen LogP contribution in [0.25, 0.3) is 0 Å². The maximum absolute atomic E-state index is 5.82. The second-order valence-corrected chi connectivity index (χ2v) is 6.15. The Kier molecular flexibility index (Phi) is 3.76. The summed E-state index contributed by atoms with van der Waals surface area (Å²) in [6.07, 6.45) is 0. The van der Waals surface area contributed by atoms with E-state index in [1.54, 1.807) is 0 Å². The Hall–Kier alpha value is -1.02. The summed E-state index contributed by atoms with van der Waals surface area (Å²) in [5.41, 5.74) is -0.0868. The fourth-order valence-electron chi connectivity index (χ4n) is 2.57. The molecule has 112 valence electrons. The molecule has 20 heavy (non-hydrogen) atoms. The quantitative estimate of drug-likeness (QED) is 0.824. The maximum atomic E-state index is 5.82. The molecular formula is C13H23N5O2. The molecule has 1 atom stereocenters. The molecule has 2 aliphatic heterocycles. The number of hydrogen-bond acceptors (Lipinski definition) is 7. The average molecular weight is 281 g/mol. The largest absolute Gasteiger partial charge is 0.363 e. The van der Waals surface area contributed by atoms with Crippen molar-refractivity contribution in [3.63, 3.8) is 0 Å². The van der Waals surface area contributed by atoms with Crippen LogP contribution in [0.15, 0.2) is 4.52 Å². The molecule has 7 heteroatoms. The van der Waals surface area contributed by atoms with E-state index in [2.05, 4.69) is 46.3 Å². The lowest BCUT2D eigenvalue weighted by atomic mass is 10.0. The summed E-state index contributed by atoms with van der Waals surface area (Å²) < 4.78 is 11.1. The first kappa shape index (κ1) is 13.9. The van der Waals surface area contributed by atoms with Crippen LogP contribution in [-0.4, -0.2) is 72.4 Å². The number of aromatic nitrogens is 2. The van der Waals surface area contributed by atoms with Gasteiger partial charge in [-0.1, -0.05) is 5.16 Å². The molecular weight excluding hydrogens is 258 g/mol. The molecule has 0 saturated carbocycles. The molecule has 1 N–H and O–H groups in total. The van der Waals surface area contributed by atoms with Gasteiger partial charge in [0.2, 0.25) is 0 Å². The SMILES string of the molecule is CN1CCN(C)C(c2noc(COC3(C)CNC3)n2)C1. The van der Waals surface area contributed by atoms with Crippen LogP contribution in [0.1, 0.15) is 24.7 Å². The molecule has 0 radical (unpaired) electrons. The van der Waals surface area contributed by atoms with Crippen LogP contribution < -0.4 is 5.32 Å². The van der Waals surface area contributed by atoms with E-state index in [4.69, 9.17) is 9.26 Å². The molecule has 0 aliphatic carbocycles. The van der Waals surface area contributed by atoms with Crippen molar-refractivity contribution in [3.8, 4) is 0 Å². The van der Waals surface area contributed by atoms with E-state index in [1.165, 1.54) is 0 Å². The van der Waals surface area contributed by atoms with Gasteiger partial charge in [0.05, 0.1) is 11.6 Å². The summed E-state index contributed by atoms with van der Waals surface area (Å²) in [4.78, 5) is 9.05. The van der Waals surface area contributed by atoms with Crippen molar-refractivity contribution >= 4 is 0 Å². The summed E-state index contributed by atoms with van der Waals surface area (Å²) in [6, 6.07) is 0.201. The predicted molar refractivity (Wildman–Crippen MR) is 73.2 cm³/mol. The third kappa shape index (κ3) is 2.85. The van der Waals surface area contributed by atoms with E-state index >= 15 is 0 Å². The fraction of sp³-hybridized carbons (Fsp3) is 0.846. The lowest BCUT2D eigenvalue weighted by Gasteiger charge is -2.38. The highest BCUT2D eigenvalue weighted by Gasteiger charge is 2.33.